The maximum atomic E-state index is 13.8. The number of likely N-dealkylation sites (tertiary alicyclic amines) is 1. The van der Waals surface area contributed by atoms with Crippen LogP contribution in [0.15, 0.2) is 65.7 Å². The predicted molar refractivity (Wildman–Crippen MR) is 130 cm³/mol. The van der Waals surface area contributed by atoms with Gasteiger partial charge in [-0.25, -0.2) is 13.2 Å². The molecule has 11 heteroatoms. The first-order chi connectivity index (χ1) is 15.7. The second-order valence-electron chi connectivity index (χ2n) is 7.87. The summed E-state index contributed by atoms with van der Waals surface area (Å²) >= 11 is 6.04. The first-order valence-corrected chi connectivity index (χ1v) is 12.1. The third kappa shape index (κ3) is 5.02. The van der Waals surface area contributed by atoms with Gasteiger partial charge in [-0.2, -0.15) is 4.31 Å². The van der Waals surface area contributed by atoms with Gasteiger partial charge in [-0.15, -0.1) is 12.4 Å². The summed E-state index contributed by atoms with van der Waals surface area (Å²) < 4.78 is 28.7. The Labute approximate surface area is 208 Å². The highest BCUT2D eigenvalue weighted by molar-refractivity contribution is 7.89. The molecule has 180 valence electrons. The Kier molecular flexibility index (Phi) is 7.82. The lowest BCUT2D eigenvalue weighted by molar-refractivity contribution is -0.148. The number of pyridine rings is 1. The molecule has 1 amide bonds. The van der Waals surface area contributed by atoms with Crippen molar-refractivity contribution >= 4 is 56.7 Å². The van der Waals surface area contributed by atoms with Crippen LogP contribution in [0, 0.1) is 0 Å². The number of carboxylic acid groups (broad SMARTS) is 1. The summed E-state index contributed by atoms with van der Waals surface area (Å²) in [5.41, 5.74) is 0.478. The van der Waals surface area contributed by atoms with Crippen LogP contribution in [0.5, 0.6) is 0 Å². The van der Waals surface area contributed by atoms with Gasteiger partial charge < -0.3 is 10.0 Å². The molecule has 8 nitrogen and oxygen atoms in total. The molecule has 2 unspecified atom stereocenters. The fourth-order valence-corrected chi connectivity index (χ4v) is 5.78. The first kappa shape index (κ1) is 25.9. The number of halogens is 2. The Morgan fingerprint density at radius 3 is 2.59 bits per heavy atom. The molecule has 0 aliphatic carbocycles. The van der Waals surface area contributed by atoms with E-state index in [1.807, 2.05) is 0 Å². The highest BCUT2D eigenvalue weighted by Crippen LogP contribution is 2.30. The van der Waals surface area contributed by atoms with E-state index < -0.39 is 34.0 Å². The Bertz CT molecular complexity index is 1320. The van der Waals surface area contributed by atoms with Crippen LogP contribution in [-0.2, 0) is 26.2 Å². The predicted octanol–water partition coefficient (Wildman–Crippen LogP) is 3.57. The number of aromatic nitrogens is 1. The summed E-state index contributed by atoms with van der Waals surface area (Å²) in [5.74, 6) is -1.67. The number of carbonyl (C=O) groups excluding carboxylic acids is 1. The number of fused-ring (bicyclic) bond motifs is 1. The number of carboxylic acids is 1. The van der Waals surface area contributed by atoms with E-state index in [0.29, 0.717) is 16.1 Å². The minimum Gasteiger partial charge on any atom is -0.480 e. The molecule has 34 heavy (non-hydrogen) atoms. The number of nitrogens with zero attached hydrogens (tertiary/aromatic N) is 3. The minimum atomic E-state index is -4.12. The van der Waals surface area contributed by atoms with E-state index in [9.17, 15) is 23.1 Å². The second-order valence-corrected chi connectivity index (χ2v) is 10.2. The molecule has 1 aliphatic rings. The molecule has 2 atom stereocenters. The number of amides is 1. The van der Waals surface area contributed by atoms with E-state index in [0.717, 1.165) is 9.69 Å². The molecule has 1 aromatic heterocycles. The number of rotatable bonds is 7. The van der Waals surface area contributed by atoms with Crippen LogP contribution in [0.2, 0.25) is 5.02 Å². The molecule has 0 radical (unpaired) electrons. The summed E-state index contributed by atoms with van der Waals surface area (Å²) in [7, 11) is -4.12. The molecule has 1 aliphatic heterocycles. The molecule has 4 rings (SSSR count). The van der Waals surface area contributed by atoms with Crippen LogP contribution in [0.4, 0.5) is 0 Å². The topological polar surface area (TPSA) is 108 Å². The Balaban J connectivity index is 0.00000324. The lowest BCUT2D eigenvalue weighted by Gasteiger charge is -2.28. The number of hydrogen-bond acceptors (Lipinski definition) is 5. The molecular weight excluding hydrogens is 501 g/mol. The molecule has 1 saturated heterocycles. The van der Waals surface area contributed by atoms with E-state index in [1.165, 1.54) is 17.9 Å². The molecular formula is C23H23Cl2N3O5S. The lowest BCUT2D eigenvalue weighted by atomic mass is 10.1. The SMILES string of the molecule is CC(C(=O)O)N1CCC(N(Cc2ccccn2)S(=O)(=O)c2ccc3cc(Cl)ccc3c2)C1=O.Cl. The van der Waals surface area contributed by atoms with Crippen LogP contribution < -0.4 is 0 Å². The molecule has 0 spiro atoms. The molecule has 0 bridgehead atoms. The van der Waals surface area contributed by atoms with Gasteiger partial charge >= 0.3 is 5.97 Å². The summed E-state index contributed by atoms with van der Waals surface area (Å²) in [5, 5.41) is 11.4. The Morgan fingerprint density at radius 1 is 1.21 bits per heavy atom. The van der Waals surface area contributed by atoms with Gasteiger partial charge in [0.2, 0.25) is 15.9 Å². The van der Waals surface area contributed by atoms with Crippen LogP contribution in [-0.4, -0.2) is 58.2 Å². The van der Waals surface area contributed by atoms with Gasteiger partial charge in [-0.3, -0.25) is 9.78 Å². The lowest BCUT2D eigenvalue weighted by Crippen LogP contribution is -2.48. The average Bonchev–Trinajstić information content (AvgIpc) is 3.17. The largest absolute Gasteiger partial charge is 0.480 e. The molecule has 3 aromatic rings. The Hall–Kier alpha value is -2.72. The normalized spacial score (nSPS) is 17.1. The summed E-state index contributed by atoms with van der Waals surface area (Å²) in [6.45, 7) is 1.45. The van der Waals surface area contributed by atoms with E-state index in [2.05, 4.69) is 4.98 Å². The molecule has 2 heterocycles. The van der Waals surface area contributed by atoms with Crippen molar-refractivity contribution in [2.75, 3.05) is 6.54 Å². The minimum absolute atomic E-state index is 0. The molecule has 1 N–H and O–H groups in total. The van der Waals surface area contributed by atoms with E-state index >= 15 is 0 Å². The van der Waals surface area contributed by atoms with Gasteiger partial charge in [0.05, 0.1) is 17.1 Å². The van der Waals surface area contributed by atoms with Gasteiger partial charge in [-0.05, 0) is 60.5 Å². The molecule has 0 saturated carbocycles. The van der Waals surface area contributed by atoms with Crippen molar-refractivity contribution in [1.82, 2.24) is 14.2 Å². The number of carbonyl (C=O) groups is 2. The summed E-state index contributed by atoms with van der Waals surface area (Å²) in [6, 6.07) is 12.9. The number of aliphatic carboxylic acids is 1. The Morgan fingerprint density at radius 2 is 1.91 bits per heavy atom. The fourth-order valence-electron chi connectivity index (χ4n) is 3.98. The van der Waals surface area contributed by atoms with Crippen molar-refractivity contribution in [2.45, 2.75) is 36.9 Å². The fraction of sp³-hybridized carbons (Fsp3) is 0.261. The zero-order valence-electron chi connectivity index (χ0n) is 18.2. The van der Waals surface area contributed by atoms with Gasteiger partial charge in [0, 0.05) is 17.8 Å². The molecule has 1 fully saturated rings. The monoisotopic (exact) mass is 523 g/mol. The number of sulfonamides is 1. The van der Waals surface area contributed by atoms with Gasteiger partial charge in [-0.1, -0.05) is 29.8 Å². The average molecular weight is 524 g/mol. The van der Waals surface area contributed by atoms with E-state index in [4.69, 9.17) is 11.6 Å². The van der Waals surface area contributed by atoms with Gasteiger partial charge in [0.25, 0.3) is 0 Å². The highest BCUT2D eigenvalue weighted by Gasteiger charge is 2.44. The van der Waals surface area contributed by atoms with Crippen molar-refractivity contribution in [1.29, 1.82) is 0 Å². The molecule has 2 aromatic carbocycles. The number of hydrogen-bond donors (Lipinski definition) is 1. The van der Waals surface area contributed by atoms with Crippen LogP contribution in [0.1, 0.15) is 19.0 Å². The summed E-state index contributed by atoms with van der Waals surface area (Å²) in [4.78, 5) is 30.0. The highest BCUT2D eigenvalue weighted by atomic mass is 35.5. The van der Waals surface area contributed by atoms with Crippen molar-refractivity contribution in [3.05, 3.63) is 71.5 Å². The smallest absolute Gasteiger partial charge is 0.326 e. The van der Waals surface area contributed by atoms with Crippen molar-refractivity contribution in [2.24, 2.45) is 0 Å². The standard InChI is InChI=1S/C23H22ClN3O5S.ClH/c1-15(23(29)30)26-11-9-21(22(26)28)27(14-19-4-2-3-10-25-19)33(31,32)20-8-6-16-12-18(24)7-5-17(16)13-20;/h2-8,10,12-13,15,21H,9,11,14H2,1H3,(H,29,30);1H. The van der Waals surface area contributed by atoms with Crippen molar-refractivity contribution in [3.8, 4) is 0 Å². The third-order valence-corrected chi connectivity index (χ3v) is 7.89. The van der Waals surface area contributed by atoms with Crippen LogP contribution in [0.3, 0.4) is 0 Å². The zero-order valence-corrected chi connectivity index (χ0v) is 20.6. The quantitative estimate of drug-likeness (QED) is 0.507. The van der Waals surface area contributed by atoms with E-state index in [-0.39, 0.29) is 36.8 Å². The maximum absolute atomic E-state index is 13.8. The second kappa shape index (κ2) is 10.3. The first-order valence-electron chi connectivity index (χ1n) is 10.3. The van der Waals surface area contributed by atoms with Crippen LogP contribution in [0.25, 0.3) is 10.8 Å². The van der Waals surface area contributed by atoms with Gasteiger partial charge in [0.1, 0.15) is 12.1 Å². The maximum Gasteiger partial charge on any atom is 0.326 e. The summed E-state index contributed by atoms with van der Waals surface area (Å²) in [6.07, 6.45) is 1.74. The van der Waals surface area contributed by atoms with E-state index in [1.54, 1.807) is 54.7 Å². The van der Waals surface area contributed by atoms with Crippen molar-refractivity contribution < 1.29 is 23.1 Å². The number of benzene rings is 2. The van der Waals surface area contributed by atoms with Crippen molar-refractivity contribution in [3.63, 3.8) is 0 Å². The third-order valence-electron chi connectivity index (χ3n) is 5.81. The van der Waals surface area contributed by atoms with Gasteiger partial charge in [0.15, 0.2) is 0 Å². The zero-order chi connectivity index (χ0) is 23.8. The van der Waals surface area contributed by atoms with Crippen LogP contribution >= 0.6 is 24.0 Å².